The van der Waals surface area contributed by atoms with E-state index in [-0.39, 0.29) is 15.7 Å². The molecule has 0 aliphatic rings. The van der Waals surface area contributed by atoms with Crippen molar-refractivity contribution in [3.63, 3.8) is 0 Å². The molecule has 0 saturated heterocycles. The van der Waals surface area contributed by atoms with Gasteiger partial charge in [0.15, 0.2) is 0 Å². The fraction of sp³-hybridized carbons (Fsp3) is 0. The second kappa shape index (κ2) is 6.71. The Morgan fingerprint density at radius 3 is 2.29 bits per heavy atom. The van der Waals surface area contributed by atoms with Crippen LogP contribution in [0.25, 0.3) is 6.08 Å². The van der Waals surface area contributed by atoms with E-state index in [1.807, 2.05) is 0 Å². The van der Waals surface area contributed by atoms with Crippen LogP contribution in [-0.2, 0) is 10.0 Å². The molecule has 3 nitrogen and oxygen atoms in total. The molecule has 0 unspecified atom stereocenters. The zero-order valence-corrected chi connectivity index (χ0v) is 13.6. The summed E-state index contributed by atoms with van der Waals surface area (Å²) >= 11 is 17.5. The van der Waals surface area contributed by atoms with Crippen LogP contribution >= 0.6 is 34.8 Å². The highest BCUT2D eigenvalue weighted by Crippen LogP contribution is 2.30. The summed E-state index contributed by atoms with van der Waals surface area (Å²) in [5, 5.41) is 2.06. The largest absolute Gasteiger partial charge is 0.279 e. The monoisotopic (exact) mass is 361 g/mol. The second-order valence-electron chi connectivity index (χ2n) is 4.10. The molecule has 0 bridgehead atoms. The van der Waals surface area contributed by atoms with Crippen molar-refractivity contribution in [2.75, 3.05) is 4.72 Å². The third-order valence-corrected chi connectivity index (χ3v) is 4.58. The smallest absolute Gasteiger partial charge is 0.255 e. The van der Waals surface area contributed by atoms with Gasteiger partial charge in [-0.2, -0.15) is 0 Å². The number of anilines is 1. The number of rotatable bonds is 4. The third kappa shape index (κ3) is 4.64. The zero-order chi connectivity index (χ0) is 15.5. The summed E-state index contributed by atoms with van der Waals surface area (Å²) in [6.45, 7) is 0. The molecule has 0 spiro atoms. The van der Waals surface area contributed by atoms with Gasteiger partial charge in [-0.15, -0.1) is 0 Å². The molecule has 2 aromatic carbocycles. The standard InChI is InChI=1S/C14H10Cl3NO2S/c15-11-6-4-10(5-7-11)8-9-21(19,20)18-13-3-1-2-12(16)14(13)17/h1-9,18H/b9-8+. The van der Waals surface area contributed by atoms with Gasteiger partial charge in [0.25, 0.3) is 10.0 Å². The number of halogens is 3. The van der Waals surface area contributed by atoms with Crippen LogP contribution in [0.5, 0.6) is 0 Å². The van der Waals surface area contributed by atoms with Crippen LogP contribution in [0.3, 0.4) is 0 Å². The maximum atomic E-state index is 12.0. The molecule has 0 amide bonds. The minimum Gasteiger partial charge on any atom is -0.279 e. The highest BCUT2D eigenvalue weighted by Gasteiger charge is 2.10. The number of benzene rings is 2. The van der Waals surface area contributed by atoms with Crippen LogP contribution in [-0.4, -0.2) is 8.42 Å². The van der Waals surface area contributed by atoms with Gasteiger partial charge >= 0.3 is 0 Å². The van der Waals surface area contributed by atoms with Crippen molar-refractivity contribution in [3.05, 3.63) is 68.5 Å². The summed E-state index contributed by atoms with van der Waals surface area (Å²) in [4.78, 5) is 0. The van der Waals surface area contributed by atoms with Crippen LogP contribution < -0.4 is 4.72 Å². The van der Waals surface area contributed by atoms with Crippen molar-refractivity contribution in [1.82, 2.24) is 0 Å². The van der Waals surface area contributed by atoms with Gasteiger partial charge in [0.2, 0.25) is 0 Å². The molecule has 0 fully saturated rings. The van der Waals surface area contributed by atoms with E-state index < -0.39 is 10.0 Å². The van der Waals surface area contributed by atoms with E-state index in [1.54, 1.807) is 36.4 Å². The van der Waals surface area contributed by atoms with Crippen molar-refractivity contribution in [3.8, 4) is 0 Å². The molecule has 7 heteroatoms. The Hall–Kier alpha value is -1.20. The van der Waals surface area contributed by atoms with Gasteiger partial charge in [0, 0.05) is 5.02 Å². The zero-order valence-electron chi connectivity index (χ0n) is 10.6. The van der Waals surface area contributed by atoms with E-state index in [1.165, 1.54) is 12.1 Å². The van der Waals surface area contributed by atoms with Crippen LogP contribution in [0, 0.1) is 0 Å². The number of hydrogen-bond donors (Lipinski definition) is 1. The van der Waals surface area contributed by atoms with Crippen molar-refractivity contribution < 1.29 is 8.42 Å². The second-order valence-corrected chi connectivity index (χ2v) is 6.89. The van der Waals surface area contributed by atoms with Crippen molar-refractivity contribution in [1.29, 1.82) is 0 Å². The van der Waals surface area contributed by atoms with Crippen molar-refractivity contribution in [2.24, 2.45) is 0 Å². The fourth-order valence-electron chi connectivity index (χ4n) is 1.51. The van der Waals surface area contributed by atoms with Crippen molar-refractivity contribution >= 4 is 56.6 Å². The van der Waals surface area contributed by atoms with Crippen LogP contribution in [0.15, 0.2) is 47.9 Å². The highest BCUT2D eigenvalue weighted by molar-refractivity contribution is 7.95. The predicted molar refractivity (Wildman–Crippen MR) is 89.5 cm³/mol. The summed E-state index contributed by atoms with van der Waals surface area (Å²) in [5.74, 6) is 0. The molecule has 21 heavy (non-hydrogen) atoms. The first-order valence-corrected chi connectivity index (χ1v) is 8.46. The normalized spacial score (nSPS) is 11.8. The summed E-state index contributed by atoms with van der Waals surface area (Å²) in [6.07, 6.45) is 1.46. The molecule has 2 aromatic rings. The average Bonchev–Trinajstić information content (AvgIpc) is 2.43. The summed E-state index contributed by atoms with van der Waals surface area (Å²) < 4.78 is 26.3. The maximum absolute atomic E-state index is 12.0. The Morgan fingerprint density at radius 2 is 1.62 bits per heavy atom. The molecule has 0 heterocycles. The Labute approximate surface area is 138 Å². The summed E-state index contributed by atoms with van der Waals surface area (Å²) in [6, 6.07) is 11.5. The molecule has 0 atom stereocenters. The average molecular weight is 363 g/mol. The Morgan fingerprint density at radius 1 is 0.952 bits per heavy atom. The van der Waals surface area contributed by atoms with E-state index >= 15 is 0 Å². The fourth-order valence-corrected chi connectivity index (χ4v) is 2.92. The van der Waals surface area contributed by atoms with E-state index in [0.717, 1.165) is 5.41 Å². The summed E-state index contributed by atoms with van der Waals surface area (Å²) in [5.41, 5.74) is 0.937. The Bertz CT molecular complexity index is 771. The number of hydrogen-bond acceptors (Lipinski definition) is 2. The first kappa shape index (κ1) is 16.2. The topological polar surface area (TPSA) is 46.2 Å². The lowest BCUT2D eigenvalue weighted by molar-refractivity contribution is 0.609. The lowest BCUT2D eigenvalue weighted by Gasteiger charge is -2.07. The first-order chi connectivity index (χ1) is 9.87. The van der Waals surface area contributed by atoms with Crippen LogP contribution in [0.2, 0.25) is 15.1 Å². The van der Waals surface area contributed by atoms with Gasteiger partial charge in [-0.1, -0.05) is 53.0 Å². The predicted octanol–water partition coefficient (Wildman–Crippen LogP) is 5.06. The molecule has 1 N–H and O–H groups in total. The van der Waals surface area contributed by atoms with E-state index in [4.69, 9.17) is 34.8 Å². The van der Waals surface area contributed by atoms with Crippen LogP contribution in [0.1, 0.15) is 5.56 Å². The SMILES string of the molecule is O=S(=O)(/C=C/c1ccc(Cl)cc1)Nc1cccc(Cl)c1Cl. The van der Waals surface area contributed by atoms with E-state index in [2.05, 4.69) is 4.72 Å². The van der Waals surface area contributed by atoms with Crippen LogP contribution in [0.4, 0.5) is 5.69 Å². The number of sulfonamides is 1. The molecule has 0 aliphatic heterocycles. The van der Waals surface area contributed by atoms with Gasteiger partial charge in [0.05, 0.1) is 21.1 Å². The first-order valence-electron chi connectivity index (χ1n) is 5.78. The molecular weight excluding hydrogens is 353 g/mol. The lowest BCUT2D eigenvalue weighted by atomic mass is 10.2. The summed E-state index contributed by atoms with van der Waals surface area (Å²) in [7, 11) is -3.69. The molecule has 0 aromatic heterocycles. The highest BCUT2D eigenvalue weighted by atomic mass is 35.5. The molecule has 0 aliphatic carbocycles. The minimum atomic E-state index is -3.69. The third-order valence-electron chi connectivity index (χ3n) is 2.51. The Balaban J connectivity index is 2.19. The van der Waals surface area contributed by atoms with Gasteiger partial charge in [0.1, 0.15) is 0 Å². The van der Waals surface area contributed by atoms with Crippen molar-refractivity contribution in [2.45, 2.75) is 0 Å². The quantitative estimate of drug-likeness (QED) is 0.826. The number of nitrogens with one attached hydrogen (secondary N) is 1. The molecule has 0 radical (unpaired) electrons. The van der Waals surface area contributed by atoms with E-state index in [9.17, 15) is 8.42 Å². The van der Waals surface area contributed by atoms with Gasteiger partial charge < -0.3 is 0 Å². The van der Waals surface area contributed by atoms with E-state index in [0.29, 0.717) is 10.6 Å². The van der Waals surface area contributed by atoms with Gasteiger partial charge in [-0.05, 0) is 35.9 Å². The molecule has 2 rings (SSSR count). The molecule has 110 valence electrons. The van der Waals surface area contributed by atoms with Gasteiger partial charge in [-0.25, -0.2) is 8.42 Å². The minimum absolute atomic E-state index is 0.155. The molecular formula is C14H10Cl3NO2S. The Kier molecular flexibility index (Phi) is 5.17. The lowest BCUT2D eigenvalue weighted by Crippen LogP contribution is -2.09. The maximum Gasteiger partial charge on any atom is 0.255 e. The molecule has 0 saturated carbocycles. The van der Waals surface area contributed by atoms with Gasteiger partial charge in [-0.3, -0.25) is 4.72 Å².